The van der Waals surface area contributed by atoms with Gasteiger partial charge in [-0.05, 0) is 38.8 Å². The standard InChI is InChI=1S/C29H37N9O4S/c1-7-21-15-31-38-25-23(27(39)37(26(21)38)18-20-14-30-34(6)17-20)12-22(43(41,42)32-29(3)8-9-29)13-24(25)35-10-11-36(19(2)16-35)28(40)33(4)5/h7,12-15,17,19,32H,1,8-11,16,18H2,2-6H3/t19-/m1/s1. The lowest BCUT2D eigenvalue weighted by molar-refractivity contribution is 0.147. The molecule has 43 heavy (non-hydrogen) atoms. The number of fused-ring (bicyclic) bond motifs is 3. The van der Waals surface area contributed by atoms with Crippen LogP contribution < -0.4 is 15.2 Å². The van der Waals surface area contributed by atoms with Gasteiger partial charge in [0.25, 0.3) is 5.56 Å². The number of aryl methyl sites for hydroxylation is 1. The van der Waals surface area contributed by atoms with Gasteiger partial charge in [-0.2, -0.15) is 10.2 Å². The summed E-state index contributed by atoms with van der Waals surface area (Å²) in [6.07, 6.45) is 8.34. The summed E-state index contributed by atoms with van der Waals surface area (Å²) in [6.45, 7) is 9.32. The fourth-order valence-corrected chi connectivity index (χ4v) is 7.33. The predicted octanol–water partition coefficient (Wildman–Crippen LogP) is 2.10. The van der Waals surface area contributed by atoms with Crippen molar-refractivity contribution in [2.75, 3.05) is 38.6 Å². The van der Waals surface area contributed by atoms with Crippen LogP contribution in [0.25, 0.3) is 22.6 Å². The van der Waals surface area contributed by atoms with Crippen LogP contribution in [0.5, 0.6) is 0 Å². The molecule has 14 heteroatoms. The molecule has 1 aliphatic heterocycles. The van der Waals surface area contributed by atoms with E-state index in [2.05, 4.69) is 21.5 Å². The highest BCUT2D eigenvalue weighted by Gasteiger charge is 2.42. The van der Waals surface area contributed by atoms with Gasteiger partial charge in [-0.25, -0.2) is 22.4 Å². The zero-order chi connectivity index (χ0) is 30.8. The molecule has 1 aromatic carbocycles. The number of nitrogens with zero attached hydrogens (tertiary/aromatic N) is 8. The van der Waals surface area contributed by atoms with E-state index in [0.717, 1.165) is 18.4 Å². The van der Waals surface area contributed by atoms with E-state index in [0.29, 0.717) is 42.0 Å². The van der Waals surface area contributed by atoms with Crippen LogP contribution in [0.4, 0.5) is 10.5 Å². The molecule has 0 unspecified atom stereocenters. The van der Waals surface area contributed by atoms with E-state index in [1.165, 1.54) is 6.07 Å². The number of amides is 2. The van der Waals surface area contributed by atoms with Crippen molar-refractivity contribution in [2.24, 2.45) is 7.05 Å². The monoisotopic (exact) mass is 607 g/mol. The van der Waals surface area contributed by atoms with Crippen molar-refractivity contribution in [2.45, 2.75) is 49.7 Å². The maximum atomic E-state index is 14.4. The summed E-state index contributed by atoms with van der Waals surface area (Å²) in [7, 11) is 1.30. The van der Waals surface area contributed by atoms with Crippen LogP contribution >= 0.6 is 0 Å². The van der Waals surface area contributed by atoms with E-state index in [4.69, 9.17) is 0 Å². The second-order valence-corrected chi connectivity index (χ2v) is 13.8. The number of hydrogen-bond donors (Lipinski definition) is 1. The number of sulfonamides is 1. The number of hydrogen-bond acceptors (Lipinski definition) is 7. The SMILES string of the molecule is C=Cc1cnn2c3c(N4CCN(C(=O)N(C)C)[C@H](C)C4)cc(S(=O)(=O)NC4(C)CC4)cc3c(=O)n(Cc3cnn(C)c3)c12. The van der Waals surface area contributed by atoms with Gasteiger partial charge in [0.15, 0.2) is 0 Å². The summed E-state index contributed by atoms with van der Waals surface area (Å²) in [5.41, 5.74) is 2.26. The first kappa shape index (κ1) is 28.9. The molecule has 3 aromatic heterocycles. The largest absolute Gasteiger partial charge is 0.366 e. The maximum absolute atomic E-state index is 14.4. The smallest absolute Gasteiger partial charge is 0.319 e. The Kier molecular flexibility index (Phi) is 6.88. The molecule has 228 valence electrons. The lowest BCUT2D eigenvalue weighted by Gasteiger charge is -2.42. The second-order valence-electron chi connectivity index (χ2n) is 12.1. The van der Waals surface area contributed by atoms with E-state index < -0.39 is 15.6 Å². The molecular weight excluding hydrogens is 570 g/mol. The van der Waals surface area contributed by atoms with Gasteiger partial charge < -0.3 is 14.7 Å². The minimum Gasteiger partial charge on any atom is -0.366 e. The molecule has 2 fully saturated rings. The highest BCUT2D eigenvalue weighted by Crippen LogP contribution is 2.37. The van der Waals surface area contributed by atoms with Crippen molar-refractivity contribution in [3.05, 3.63) is 58.8 Å². The van der Waals surface area contributed by atoms with Gasteiger partial charge >= 0.3 is 6.03 Å². The van der Waals surface area contributed by atoms with Gasteiger partial charge in [0.1, 0.15) is 11.2 Å². The summed E-state index contributed by atoms with van der Waals surface area (Å²) >= 11 is 0. The highest BCUT2D eigenvalue weighted by molar-refractivity contribution is 7.89. The van der Waals surface area contributed by atoms with Crippen molar-refractivity contribution in [3.8, 4) is 0 Å². The molecule has 0 radical (unpaired) electrons. The maximum Gasteiger partial charge on any atom is 0.319 e. The zero-order valence-corrected chi connectivity index (χ0v) is 25.9. The quantitative estimate of drug-likeness (QED) is 0.341. The molecule has 1 N–H and O–H groups in total. The molecule has 0 bridgehead atoms. The number of nitrogens with one attached hydrogen (secondary N) is 1. The van der Waals surface area contributed by atoms with Crippen LogP contribution in [0.15, 0.2) is 47.0 Å². The third kappa shape index (κ3) is 5.07. The van der Waals surface area contributed by atoms with Crippen LogP contribution in [0.3, 0.4) is 0 Å². The topological polar surface area (TPSA) is 130 Å². The van der Waals surface area contributed by atoms with Gasteiger partial charge in [0.05, 0.1) is 34.9 Å². The first-order valence-corrected chi connectivity index (χ1v) is 15.8. The van der Waals surface area contributed by atoms with Crippen molar-refractivity contribution in [1.29, 1.82) is 0 Å². The number of carbonyl (C=O) groups is 1. The molecule has 1 saturated heterocycles. The molecular formula is C29H37N9O4S. The summed E-state index contributed by atoms with van der Waals surface area (Å²) in [6, 6.07) is 2.84. The zero-order valence-electron chi connectivity index (χ0n) is 25.1. The van der Waals surface area contributed by atoms with E-state index in [1.807, 2.05) is 24.9 Å². The molecule has 1 saturated carbocycles. The molecule has 2 amide bonds. The lowest BCUT2D eigenvalue weighted by Crippen LogP contribution is -2.56. The van der Waals surface area contributed by atoms with Crippen molar-refractivity contribution >= 4 is 44.4 Å². The molecule has 4 heterocycles. The fourth-order valence-electron chi connectivity index (χ4n) is 5.82. The summed E-state index contributed by atoms with van der Waals surface area (Å²) in [5, 5.41) is 9.15. The molecule has 1 aliphatic carbocycles. The van der Waals surface area contributed by atoms with Gasteiger partial charge in [-0.15, -0.1) is 0 Å². The summed E-state index contributed by atoms with van der Waals surface area (Å²) in [4.78, 5) is 32.6. The van der Waals surface area contributed by atoms with Crippen LogP contribution in [0, 0.1) is 0 Å². The number of anilines is 1. The number of rotatable bonds is 7. The summed E-state index contributed by atoms with van der Waals surface area (Å²) in [5.74, 6) is 0. The molecule has 1 atom stereocenters. The number of benzene rings is 1. The average Bonchev–Trinajstić information content (AvgIpc) is 3.31. The predicted molar refractivity (Wildman–Crippen MR) is 165 cm³/mol. The Hall–Kier alpha value is -4.17. The first-order valence-electron chi connectivity index (χ1n) is 14.3. The Morgan fingerprint density at radius 1 is 1.21 bits per heavy atom. The second kappa shape index (κ2) is 10.2. The van der Waals surface area contributed by atoms with Crippen molar-refractivity contribution < 1.29 is 13.2 Å². The van der Waals surface area contributed by atoms with E-state index >= 15 is 0 Å². The minimum absolute atomic E-state index is 0.0167. The van der Waals surface area contributed by atoms with Gasteiger partial charge in [0.2, 0.25) is 10.0 Å². The number of urea groups is 1. The van der Waals surface area contributed by atoms with E-state index in [9.17, 15) is 18.0 Å². The van der Waals surface area contributed by atoms with E-state index in [-0.39, 0.29) is 34.5 Å². The van der Waals surface area contributed by atoms with Gasteiger partial charge in [-0.3, -0.25) is 14.0 Å². The fraction of sp³-hybridized carbons (Fsp3) is 0.448. The van der Waals surface area contributed by atoms with Crippen LogP contribution in [-0.4, -0.2) is 93.5 Å². The molecule has 4 aromatic rings. The van der Waals surface area contributed by atoms with Crippen LogP contribution in [0.2, 0.25) is 0 Å². The number of aromatic nitrogens is 5. The van der Waals surface area contributed by atoms with E-state index in [1.54, 1.807) is 69.2 Å². The number of carbonyl (C=O) groups excluding carboxylic acids is 1. The highest BCUT2D eigenvalue weighted by atomic mass is 32.2. The Balaban J connectivity index is 1.59. The Morgan fingerprint density at radius 3 is 2.56 bits per heavy atom. The van der Waals surface area contributed by atoms with Gasteiger partial charge in [-0.1, -0.05) is 12.7 Å². The lowest BCUT2D eigenvalue weighted by atomic mass is 10.1. The van der Waals surface area contributed by atoms with Gasteiger partial charge in [0, 0.05) is 69.7 Å². The molecule has 6 rings (SSSR count). The third-order valence-electron chi connectivity index (χ3n) is 8.38. The minimum atomic E-state index is -3.95. The Labute approximate surface area is 250 Å². The molecule has 0 spiro atoms. The first-order chi connectivity index (χ1) is 20.3. The molecule has 2 aliphatic rings. The number of piperazine rings is 1. The van der Waals surface area contributed by atoms with Crippen molar-refractivity contribution in [1.82, 2.24) is 38.5 Å². The van der Waals surface area contributed by atoms with Crippen LogP contribution in [0.1, 0.15) is 37.8 Å². The third-order valence-corrected chi connectivity index (χ3v) is 10.0. The van der Waals surface area contributed by atoms with Crippen molar-refractivity contribution in [3.63, 3.8) is 0 Å². The Bertz CT molecular complexity index is 1930. The summed E-state index contributed by atoms with van der Waals surface area (Å²) < 4.78 is 35.2. The normalized spacial score (nSPS) is 18.4. The Morgan fingerprint density at radius 2 is 1.95 bits per heavy atom. The average molecular weight is 608 g/mol. The van der Waals surface area contributed by atoms with Crippen LogP contribution in [-0.2, 0) is 23.6 Å². The molecule has 13 nitrogen and oxygen atoms in total.